The molecule has 0 aliphatic rings. The molecule has 0 aliphatic heterocycles. The number of hydrogen-bond donors (Lipinski definition) is 1. The van der Waals surface area contributed by atoms with E-state index in [1.807, 2.05) is 49.8 Å². The lowest BCUT2D eigenvalue weighted by molar-refractivity contribution is 0.0743. The molecule has 4 nitrogen and oxygen atoms in total. The Labute approximate surface area is 136 Å². The molecule has 0 unspecified atom stereocenters. The van der Waals surface area contributed by atoms with Crippen LogP contribution in [0.3, 0.4) is 0 Å². The summed E-state index contributed by atoms with van der Waals surface area (Å²) >= 11 is 0. The number of benzene rings is 1. The van der Waals surface area contributed by atoms with Crippen molar-refractivity contribution in [1.82, 2.24) is 14.9 Å². The van der Waals surface area contributed by atoms with Crippen molar-refractivity contribution in [1.29, 1.82) is 0 Å². The maximum atomic E-state index is 12.7. The van der Waals surface area contributed by atoms with Gasteiger partial charge < -0.3 is 9.88 Å². The summed E-state index contributed by atoms with van der Waals surface area (Å²) in [5.74, 6) is 0.0354. The second-order valence-corrected chi connectivity index (χ2v) is 6.07. The van der Waals surface area contributed by atoms with E-state index in [4.69, 9.17) is 0 Å². The highest BCUT2D eigenvalue weighted by Gasteiger charge is 2.18. The molecule has 0 saturated carbocycles. The first-order valence-electron chi connectivity index (χ1n) is 7.80. The van der Waals surface area contributed by atoms with Gasteiger partial charge in [0.05, 0.1) is 0 Å². The van der Waals surface area contributed by atoms with Crippen LogP contribution in [0.25, 0.3) is 10.9 Å². The Morgan fingerprint density at radius 1 is 1.26 bits per heavy atom. The Bertz CT molecular complexity index is 837. The van der Waals surface area contributed by atoms with Crippen molar-refractivity contribution in [2.75, 3.05) is 7.05 Å². The third kappa shape index (κ3) is 3.26. The first kappa shape index (κ1) is 15.3. The fourth-order valence-corrected chi connectivity index (χ4v) is 2.74. The number of carbonyl (C=O) groups is 1. The van der Waals surface area contributed by atoms with Crippen LogP contribution < -0.4 is 0 Å². The lowest BCUT2D eigenvalue weighted by Crippen LogP contribution is -2.36. The molecule has 118 valence electrons. The largest absolute Gasteiger partial charge is 0.361 e. The molecule has 1 amide bonds. The van der Waals surface area contributed by atoms with Crippen LogP contribution in [0.15, 0.2) is 48.8 Å². The Kier molecular flexibility index (Phi) is 4.15. The fourth-order valence-electron chi connectivity index (χ4n) is 2.74. The zero-order chi connectivity index (χ0) is 16.4. The average molecular weight is 307 g/mol. The van der Waals surface area contributed by atoms with Crippen LogP contribution in [-0.4, -0.2) is 33.9 Å². The summed E-state index contributed by atoms with van der Waals surface area (Å²) in [6, 6.07) is 11.9. The Morgan fingerprint density at radius 3 is 2.87 bits per heavy atom. The van der Waals surface area contributed by atoms with Crippen LogP contribution in [0, 0.1) is 6.92 Å². The topological polar surface area (TPSA) is 49.0 Å². The van der Waals surface area contributed by atoms with E-state index < -0.39 is 0 Å². The van der Waals surface area contributed by atoms with Gasteiger partial charge in [-0.15, -0.1) is 0 Å². The third-order valence-corrected chi connectivity index (χ3v) is 4.26. The second-order valence-electron chi connectivity index (χ2n) is 6.07. The molecule has 4 heteroatoms. The molecular formula is C19H21N3O. The summed E-state index contributed by atoms with van der Waals surface area (Å²) in [6.07, 6.45) is 4.45. The van der Waals surface area contributed by atoms with Gasteiger partial charge in [0.1, 0.15) is 0 Å². The number of rotatable bonds is 4. The number of carbonyl (C=O) groups excluding carboxylic acids is 1. The molecule has 1 aromatic carbocycles. The molecule has 1 atom stereocenters. The highest BCUT2D eigenvalue weighted by atomic mass is 16.2. The minimum Gasteiger partial charge on any atom is -0.361 e. The van der Waals surface area contributed by atoms with Crippen LogP contribution >= 0.6 is 0 Å². The zero-order valence-corrected chi connectivity index (χ0v) is 13.7. The number of nitrogens with zero attached hydrogens (tertiary/aromatic N) is 2. The smallest absolute Gasteiger partial charge is 0.253 e. The first-order valence-corrected chi connectivity index (χ1v) is 7.80. The van der Waals surface area contributed by atoms with Gasteiger partial charge in [-0.1, -0.05) is 0 Å². The summed E-state index contributed by atoms with van der Waals surface area (Å²) < 4.78 is 0. The molecule has 0 aliphatic carbocycles. The van der Waals surface area contributed by atoms with Crippen LogP contribution in [0.5, 0.6) is 0 Å². The number of nitrogens with one attached hydrogen (secondary N) is 1. The van der Waals surface area contributed by atoms with Gasteiger partial charge in [0.2, 0.25) is 0 Å². The summed E-state index contributed by atoms with van der Waals surface area (Å²) in [7, 11) is 1.85. The Morgan fingerprint density at radius 2 is 2.09 bits per heavy atom. The predicted molar refractivity (Wildman–Crippen MR) is 92.5 cm³/mol. The minimum atomic E-state index is 0.0354. The molecule has 3 rings (SSSR count). The van der Waals surface area contributed by atoms with Gasteiger partial charge in [0, 0.05) is 54.1 Å². The highest BCUT2D eigenvalue weighted by molar-refractivity contribution is 5.98. The first-order chi connectivity index (χ1) is 11.0. The van der Waals surface area contributed by atoms with Crippen LogP contribution in [0.1, 0.15) is 28.5 Å². The van der Waals surface area contributed by atoms with E-state index in [0.717, 1.165) is 23.0 Å². The summed E-state index contributed by atoms with van der Waals surface area (Å²) in [4.78, 5) is 22.0. The van der Waals surface area contributed by atoms with Gasteiger partial charge in [-0.3, -0.25) is 9.78 Å². The lowest BCUT2D eigenvalue weighted by Gasteiger charge is -2.25. The molecule has 0 saturated heterocycles. The molecule has 0 radical (unpaired) electrons. The molecule has 0 bridgehead atoms. The van der Waals surface area contributed by atoms with E-state index in [0.29, 0.717) is 5.56 Å². The number of aryl methyl sites for hydroxylation is 1. The number of pyridine rings is 1. The van der Waals surface area contributed by atoms with Crippen LogP contribution in [0.4, 0.5) is 0 Å². The molecular weight excluding hydrogens is 286 g/mol. The van der Waals surface area contributed by atoms with Gasteiger partial charge in [0.15, 0.2) is 0 Å². The van der Waals surface area contributed by atoms with Crippen molar-refractivity contribution in [3.63, 3.8) is 0 Å². The number of hydrogen-bond acceptors (Lipinski definition) is 2. The number of aromatic nitrogens is 2. The van der Waals surface area contributed by atoms with Crippen molar-refractivity contribution < 1.29 is 4.79 Å². The standard InChI is InChI=1S/C19H21N3O/c1-13-6-8-20-17(10-13)11-14(2)22(3)19(23)16-4-5-18-15(12-16)7-9-21-18/h4-10,12,14,21H,11H2,1-3H3/t14-/m0/s1. The summed E-state index contributed by atoms with van der Waals surface area (Å²) in [6.45, 7) is 4.10. The van der Waals surface area contributed by atoms with Crippen LogP contribution in [0.2, 0.25) is 0 Å². The normalized spacial score (nSPS) is 12.3. The van der Waals surface area contributed by atoms with E-state index in [-0.39, 0.29) is 11.9 Å². The second kappa shape index (κ2) is 6.24. The number of likely N-dealkylation sites (N-methyl/N-ethyl adjacent to an activating group) is 1. The third-order valence-electron chi connectivity index (χ3n) is 4.26. The van der Waals surface area contributed by atoms with Gasteiger partial charge in [-0.05, 0) is 55.8 Å². The summed E-state index contributed by atoms with van der Waals surface area (Å²) in [5.41, 5.74) is 3.96. The zero-order valence-electron chi connectivity index (χ0n) is 13.7. The molecule has 0 spiro atoms. The highest BCUT2D eigenvalue weighted by Crippen LogP contribution is 2.17. The van der Waals surface area contributed by atoms with Crippen molar-refractivity contribution in [2.24, 2.45) is 0 Å². The Hall–Kier alpha value is -2.62. The molecule has 3 aromatic rings. The van der Waals surface area contributed by atoms with Gasteiger partial charge in [-0.25, -0.2) is 0 Å². The van der Waals surface area contributed by atoms with Crippen molar-refractivity contribution in [2.45, 2.75) is 26.3 Å². The molecule has 1 N–H and O–H groups in total. The average Bonchev–Trinajstić information content (AvgIpc) is 3.01. The Balaban J connectivity index is 1.75. The number of aromatic amines is 1. The van der Waals surface area contributed by atoms with Gasteiger partial charge >= 0.3 is 0 Å². The molecule has 2 heterocycles. The van der Waals surface area contributed by atoms with Crippen LogP contribution in [-0.2, 0) is 6.42 Å². The molecule has 2 aromatic heterocycles. The molecule has 0 fully saturated rings. The number of H-pyrrole nitrogens is 1. The van der Waals surface area contributed by atoms with Crippen molar-refractivity contribution in [3.8, 4) is 0 Å². The lowest BCUT2D eigenvalue weighted by atomic mass is 10.1. The van der Waals surface area contributed by atoms with Crippen molar-refractivity contribution >= 4 is 16.8 Å². The maximum Gasteiger partial charge on any atom is 0.253 e. The van der Waals surface area contributed by atoms with E-state index >= 15 is 0 Å². The van der Waals surface area contributed by atoms with Gasteiger partial charge in [-0.2, -0.15) is 0 Å². The minimum absolute atomic E-state index is 0.0354. The van der Waals surface area contributed by atoms with E-state index in [1.54, 1.807) is 4.90 Å². The maximum absolute atomic E-state index is 12.7. The van der Waals surface area contributed by atoms with Gasteiger partial charge in [0.25, 0.3) is 5.91 Å². The predicted octanol–water partition coefficient (Wildman–Crippen LogP) is 3.57. The quantitative estimate of drug-likeness (QED) is 0.801. The van der Waals surface area contributed by atoms with E-state index in [1.165, 1.54) is 5.56 Å². The fraction of sp³-hybridized carbons (Fsp3) is 0.263. The molecule has 23 heavy (non-hydrogen) atoms. The monoisotopic (exact) mass is 307 g/mol. The number of fused-ring (bicyclic) bond motifs is 1. The van der Waals surface area contributed by atoms with E-state index in [9.17, 15) is 4.79 Å². The SMILES string of the molecule is Cc1ccnc(C[C@H](C)N(C)C(=O)c2ccc3[nH]ccc3c2)c1. The number of amides is 1. The van der Waals surface area contributed by atoms with E-state index in [2.05, 4.69) is 29.9 Å². The van der Waals surface area contributed by atoms with Crippen molar-refractivity contribution in [3.05, 3.63) is 65.6 Å². The summed E-state index contributed by atoms with van der Waals surface area (Å²) in [5, 5.41) is 1.05.